The second-order valence-electron chi connectivity index (χ2n) is 3.47. The predicted octanol–water partition coefficient (Wildman–Crippen LogP) is 2.89. The monoisotopic (exact) mass is 172 g/mol. The fourth-order valence-electron chi connectivity index (χ4n) is 1.56. The van der Waals surface area contributed by atoms with E-state index in [0.29, 0.717) is 0 Å². The van der Waals surface area contributed by atoms with Gasteiger partial charge in [0.25, 0.3) is 0 Å². The normalized spacial score (nSPS) is 22.5. The first-order valence-electron chi connectivity index (χ1n) is 3.95. The molecule has 0 aromatic heterocycles. The molecule has 62 valence electrons. The number of rotatable bonds is 3. The molecule has 1 aliphatic carbocycles. The van der Waals surface area contributed by atoms with Gasteiger partial charge in [-0.05, 0) is 26.2 Å². The van der Waals surface area contributed by atoms with Crippen LogP contribution in [0.3, 0.4) is 0 Å². The molecule has 1 rings (SSSR count). The number of aldehydes is 1. The van der Waals surface area contributed by atoms with Gasteiger partial charge in [0, 0.05) is 11.0 Å². The van der Waals surface area contributed by atoms with Crippen LogP contribution in [0.4, 0.5) is 0 Å². The second-order valence-corrected chi connectivity index (χ2v) is 3.68. The molecule has 0 atom stereocenters. The van der Waals surface area contributed by atoms with Crippen LogP contribution >= 0.6 is 11.6 Å². The van der Waals surface area contributed by atoms with E-state index in [1.165, 1.54) is 6.42 Å². The summed E-state index contributed by atoms with van der Waals surface area (Å²) in [6, 6.07) is 0. The molecular formula is C9H13ClO. The first-order chi connectivity index (χ1) is 5.22. The van der Waals surface area contributed by atoms with Crippen LogP contribution in [-0.2, 0) is 4.79 Å². The predicted molar refractivity (Wildman–Crippen MR) is 46.6 cm³/mol. The fraction of sp³-hybridized carbons (Fsp3) is 0.667. The van der Waals surface area contributed by atoms with E-state index in [-0.39, 0.29) is 5.41 Å². The van der Waals surface area contributed by atoms with Crippen LogP contribution in [0.5, 0.6) is 0 Å². The lowest BCUT2D eigenvalue weighted by Gasteiger charge is -2.36. The minimum absolute atomic E-state index is 0.0462. The number of hydrogen-bond donors (Lipinski definition) is 0. The van der Waals surface area contributed by atoms with Gasteiger partial charge in [0.05, 0.1) is 0 Å². The Morgan fingerprint density at radius 2 is 2.27 bits per heavy atom. The van der Waals surface area contributed by atoms with Crippen molar-refractivity contribution in [1.82, 2.24) is 0 Å². The van der Waals surface area contributed by atoms with Crippen molar-refractivity contribution in [3.8, 4) is 0 Å². The van der Waals surface area contributed by atoms with Crippen molar-refractivity contribution in [2.24, 2.45) is 5.41 Å². The average molecular weight is 173 g/mol. The van der Waals surface area contributed by atoms with Crippen LogP contribution in [-0.4, -0.2) is 6.29 Å². The third-order valence-corrected chi connectivity index (χ3v) is 2.79. The molecule has 0 amide bonds. The summed E-state index contributed by atoms with van der Waals surface area (Å²) >= 11 is 5.52. The molecule has 1 fully saturated rings. The van der Waals surface area contributed by atoms with Gasteiger partial charge in [-0.1, -0.05) is 23.6 Å². The van der Waals surface area contributed by atoms with Gasteiger partial charge in [-0.3, -0.25) is 0 Å². The molecule has 2 heteroatoms. The Balaban J connectivity index is 2.51. The van der Waals surface area contributed by atoms with E-state index in [4.69, 9.17) is 11.6 Å². The van der Waals surface area contributed by atoms with Gasteiger partial charge in [-0.2, -0.15) is 0 Å². The van der Waals surface area contributed by atoms with Gasteiger partial charge in [0.1, 0.15) is 6.29 Å². The minimum Gasteiger partial charge on any atom is -0.303 e. The molecule has 0 bridgehead atoms. The van der Waals surface area contributed by atoms with Gasteiger partial charge >= 0.3 is 0 Å². The van der Waals surface area contributed by atoms with Crippen LogP contribution in [0.2, 0.25) is 0 Å². The van der Waals surface area contributed by atoms with Crippen molar-refractivity contribution < 1.29 is 4.79 Å². The zero-order chi connectivity index (χ0) is 8.32. The maximum atomic E-state index is 10.7. The van der Waals surface area contributed by atoms with Gasteiger partial charge in [0.15, 0.2) is 0 Å². The van der Waals surface area contributed by atoms with Gasteiger partial charge in [-0.25, -0.2) is 0 Å². The van der Waals surface area contributed by atoms with Crippen LogP contribution in [0.25, 0.3) is 0 Å². The molecule has 1 nitrogen and oxygen atoms in total. The van der Waals surface area contributed by atoms with Crippen LogP contribution < -0.4 is 0 Å². The van der Waals surface area contributed by atoms with Crippen molar-refractivity contribution in [1.29, 1.82) is 0 Å². The van der Waals surface area contributed by atoms with E-state index in [1.807, 2.05) is 6.92 Å². The maximum Gasteiger partial charge on any atom is 0.126 e. The lowest BCUT2D eigenvalue weighted by atomic mass is 9.67. The highest BCUT2D eigenvalue weighted by molar-refractivity contribution is 6.25. The number of carbonyl (C=O) groups is 1. The van der Waals surface area contributed by atoms with Crippen molar-refractivity contribution in [3.63, 3.8) is 0 Å². The third kappa shape index (κ3) is 1.84. The second kappa shape index (κ2) is 3.40. The summed E-state index contributed by atoms with van der Waals surface area (Å²) in [7, 11) is 0. The number of allylic oxidation sites excluding steroid dienone is 1. The van der Waals surface area contributed by atoms with Crippen LogP contribution in [0.1, 0.15) is 32.6 Å². The standard InChI is InChI=1S/C9H13ClO/c1-8(6-10)5-9(7-11)3-2-4-9/h6-7H,2-5H2,1H3/b8-6+. The summed E-state index contributed by atoms with van der Waals surface area (Å²) in [5, 5.41) is 0. The van der Waals surface area contributed by atoms with Crippen molar-refractivity contribution in [2.45, 2.75) is 32.6 Å². The molecule has 0 heterocycles. The topological polar surface area (TPSA) is 17.1 Å². The Hall–Kier alpha value is -0.300. The molecule has 0 aromatic carbocycles. The highest BCUT2D eigenvalue weighted by Crippen LogP contribution is 2.43. The lowest BCUT2D eigenvalue weighted by molar-refractivity contribution is -0.120. The van der Waals surface area contributed by atoms with E-state index in [0.717, 1.165) is 31.1 Å². The zero-order valence-electron chi connectivity index (χ0n) is 6.77. The van der Waals surface area contributed by atoms with E-state index in [9.17, 15) is 4.79 Å². The Labute approximate surface area is 72.4 Å². The first kappa shape index (κ1) is 8.79. The number of hydrogen-bond acceptors (Lipinski definition) is 1. The largest absolute Gasteiger partial charge is 0.303 e. The van der Waals surface area contributed by atoms with Crippen LogP contribution in [0, 0.1) is 5.41 Å². The Kier molecular flexibility index (Phi) is 2.72. The first-order valence-corrected chi connectivity index (χ1v) is 4.38. The quantitative estimate of drug-likeness (QED) is 0.599. The summed E-state index contributed by atoms with van der Waals surface area (Å²) in [6.07, 6.45) is 5.21. The number of halogens is 1. The van der Waals surface area contributed by atoms with E-state index >= 15 is 0 Å². The van der Waals surface area contributed by atoms with Crippen molar-refractivity contribution >= 4 is 17.9 Å². The van der Waals surface area contributed by atoms with E-state index in [1.54, 1.807) is 5.54 Å². The Morgan fingerprint density at radius 1 is 1.64 bits per heavy atom. The highest BCUT2D eigenvalue weighted by atomic mass is 35.5. The molecule has 11 heavy (non-hydrogen) atoms. The maximum absolute atomic E-state index is 10.7. The fourth-order valence-corrected chi connectivity index (χ4v) is 1.64. The Morgan fingerprint density at radius 3 is 2.55 bits per heavy atom. The van der Waals surface area contributed by atoms with Crippen molar-refractivity contribution in [3.05, 3.63) is 11.1 Å². The summed E-state index contributed by atoms with van der Waals surface area (Å²) in [4.78, 5) is 10.7. The van der Waals surface area contributed by atoms with E-state index < -0.39 is 0 Å². The molecule has 0 spiro atoms. The van der Waals surface area contributed by atoms with E-state index in [2.05, 4.69) is 0 Å². The summed E-state index contributed by atoms with van der Waals surface area (Å²) in [5.41, 5.74) is 2.64. The van der Waals surface area contributed by atoms with Gasteiger partial charge in [-0.15, -0.1) is 0 Å². The highest BCUT2D eigenvalue weighted by Gasteiger charge is 2.36. The van der Waals surface area contributed by atoms with Crippen molar-refractivity contribution in [2.75, 3.05) is 0 Å². The SMILES string of the molecule is C/C(=C\Cl)CC1(C=O)CCC1. The molecule has 0 unspecified atom stereocenters. The Bertz CT molecular complexity index is 180. The molecule has 0 N–H and O–H groups in total. The summed E-state index contributed by atoms with van der Waals surface area (Å²) in [5.74, 6) is 0. The summed E-state index contributed by atoms with van der Waals surface area (Å²) in [6.45, 7) is 1.97. The number of carbonyl (C=O) groups excluding carboxylic acids is 1. The molecule has 0 radical (unpaired) electrons. The molecule has 0 aromatic rings. The van der Waals surface area contributed by atoms with Gasteiger partial charge < -0.3 is 4.79 Å². The third-order valence-electron chi connectivity index (χ3n) is 2.42. The van der Waals surface area contributed by atoms with Gasteiger partial charge in [0.2, 0.25) is 0 Å². The molecule has 1 aliphatic rings. The molecule has 0 aliphatic heterocycles. The zero-order valence-corrected chi connectivity index (χ0v) is 7.53. The average Bonchev–Trinajstić information content (AvgIpc) is 1.96. The lowest BCUT2D eigenvalue weighted by Crippen LogP contribution is -2.31. The van der Waals surface area contributed by atoms with Crippen LogP contribution in [0.15, 0.2) is 11.1 Å². The molecule has 0 saturated heterocycles. The smallest absolute Gasteiger partial charge is 0.126 e. The molecular weight excluding hydrogens is 160 g/mol. The summed E-state index contributed by atoms with van der Waals surface area (Å²) < 4.78 is 0. The minimum atomic E-state index is -0.0462. The molecule has 1 saturated carbocycles.